The zero-order valence-corrected chi connectivity index (χ0v) is 15.9. The van der Waals surface area contributed by atoms with E-state index in [1.54, 1.807) is 30.3 Å². The van der Waals surface area contributed by atoms with E-state index in [-0.39, 0.29) is 18.2 Å². The van der Waals surface area contributed by atoms with E-state index >= 15 is 0 Å². The van der Waals surface area contributed by atoms with Crippen LogP contribution < -0.4 is 15.2 Å². The van der Waals surface area contributed by atoms with Crippen molar-refractivity contribution in [3.05, 3.63) is 63.8 Å². The van der Waals surface area contributed by atoms with Crippen LogP contribution in [0, 0.1) is 0 Å². The highest BCUT2D eigenvalue weighted by Crippen LogP contribution is 2.30. The summed E-state index contributed by atoms with van der Waals surface area (Å²) in [5.74, 6) is -0.149. The lowest BCUT2D eigenvalue weighted by atomic mass is 10.1. The molecule has 1 amide bonds. The van der Waals surface area contributed by atoms with E-state index in [0.29, 0.717) is 22.6 Å². The number of hydrogen-bond donors (Lipinski definition) is 1. The second-order valence-electron chi connectivity index (χ2n) is 5.48. The van der Waals surface area contributed by atoms with Gasteiger partial charge in [-0.05, 0) is 51.8 Å². The van der Waals surface area contributed by atoms with E-state index in [2.05, 4.69) is 20.9 Å². The molecule has 0 aromatic heterocycles. The molecule has 3 rings (SSSR count). The molecule has 2 N–H and O–H groups in total. The summed E-state index contributed by atoms with van der Waals surface area (Å²) in [5, 5.41) is 0. The number of carbonyl (C=O) groups excluding carboxylic acids is 2. The Bertz CT molecular complexity index is 968. The molecule has 0 atom stereocenters. The molecule has 0 unspecified atom stereocenters. The number of benzene rings is 2. The van der Waals surface area contributed by atoms with Crippen LogP contribution in [-0.4, -0.2) is 31.5 Å². The number of halogens is 1. The Labute approximate surface area is 163 Å². The molecule has 0 radical (unpaired) electrons. The predicted molar refractivity (Wildman–Crippen MR) is 102 cm³/mol. The molecule has 7 nitrogen and oxygen atoms in total. The molecule has 0 saturated heterocycles. The minimum absolute atomic E-state index is 0.161. The highest BCUT2D eigenvalue weighted by molar-refractivity contribution is 9.10. The first-order valence-corrected chi connectivity index (χ1v) is 8.64. The third kappa shape index (κ3) is 4.35. The first kappa shape index (κ1) is 18.7. The summed E-state index contributed by atoms with van der Waals surface area (Å²) in [4.78, 5) is 27.3. The molecule has 1 aliphatic heterocycles. The van der Waals surface area contributed by atoms with E-state index in [9.17, 15) is 9.59 Å². The lowest BCUT2D eigenvalue weighted by Gasteiger charge is -2.09. The van der Waals surface area contributed by atoms with Crippen LogP contribution in [0.5, 0.6) is 11.5 Å². The lowest BCUT2D eigenvalue weighted by Crippen LogP contribution is -2.20. The number of cyclic esters (lactones) is 1. The maximum Gasteiger partial charge on any atom is 0.363 e. The largest absolute Gasteiger partial charge is 0.493 e. The van der Waals surface area contributed by atoms with Gasteiger partial charge in [0.1, 0.15) is 0 Å². The Morgan fingerprint density at radius 2 is 2.04 bits per heavy atom. The zero-order chi connectivity index (χ0) is 19.4. The molecular formula is C19H15BrN2O5. The molecule has 27 heavy (non-hydrogen) atoms. The fourth-order valence-corrected chi connectivity index (χ4v) is 2.81. The van der Waals surface area contributed by atoms with Crippen molar-refractivity contribution in [3.63, 3.8) is 0 Å². The highest BCUT2D eigenvalue weighted by Gasteiger charge is 2.25. The Hall–Kier alpha value is -3.13. The first-order valence-electron chi connectivity index (χ1n) is 7.84. The van der Waals surface area contributed by atoms with E-state index in [0.717, 1.165) is 4.47 Å². The average molecular weight is 431 g/mol. The monoisotopic (exact) mass is 430 g/mol. The van der Waals surface area contributed by atoms with Gasteiger partial charge in [-0.3, -0.25) is 4.79 Å². The number of amides is 1. The van der Waals surface area contributed by atoms with Crippen molar-refractivity contribution in [2.45, 2.75) is 0 Å². The van der Waals surface area contributed by atoms with Gasteiger partial charge in [-0.15, -0.1) is 0 Å². The van der Waals surface area contributed by atoms with Crippen LogP contribution >= 0.6 is 15.9 Å². The van der Waals surface area contributed by atoms with Crippen molar-refractivity contribution in [2.24, 2.45) is 10.7 Å². The maximum atomic E-state index is 12.1. The van der Waals surface area contributed by atoms with E-state index < -0.39 is 11.9 Å². The zero-order valence-electron chi connectivity index (χ0n) is 14.3. The summed E-state index contributed by atoms with van der Waals surface area (Å²) < 4.78 is 16.6. The van der Waals surface area contributed by atoms with Crippen LogP contribution in [0.25, 0.3) is 6.08 Å². The van der Waals surface area contributed by atoms with Crippen LogP contribution in [0.3, 0.4) is 0 Å². The number of hydrogen-bond acceptors (Lipinski definition) is 6. The van der Waals surface area contributed by atoms with E-state index in [4.69, 9.17) is 19.9 Å². The predicted octanol–water partition coefficient (Wildman–Crippen LogP) is 2.67. The maximum absolute atomic E-state index is 12.1. The molecule has 0 bridgehead atoms. The van der Waals surface area contributed by atoms with Crippen LogP contribution in [0.1, 0.15) is 11.1 Å². The summed E-state index contributed by atoms with van der Waals surface area (Å²) in [6, 6.07) is 12.3. The third-order valence-electron chi connectivity index (χ3n) is 3.59. The molecule has 138 valence electrons. The molecule has 2 aromatic carbocycles. The SMILES string of the molecule is COc1cc(/C=C2/N=C(c3ccccc3Br)OC2=O)ccc1OCC(N)=O. The Morgan fingerprint density at radius 3 is 2.74 bits per heavy atom. The van der Waals surface area contributed by atoms with Gasteiger partial charge in [-0.1, -0.05) is 18.2 Å². The van der Waals surface area contributed by atoms with Crippen molar-refractivity contribution in [3.8, 4) is 11.5 Å². The van der Waals surface area contributed by atoms with Gasteiger partial charge in [0.2, 0.25) is 5.90 Å². The van der Waals surface area contributed by atoms with E-state index in [1.807, 2.05) is 18.2 Å². The molecule has 0 spiro atoms. The minimum atomic E-state index is -0.592. The second kappa shape index (κ2) is 8.05. The normalized spacial score (nSPS) is 14.7. The fourth-order valence-electron chi connectivity index (χ4n) is 2.36. The average Bonchev–Trinajstić information content (AvgIpc) is 3.01. The number of esters is 1. The number of rotatable bonds is 6. The molecule has 1 aliphatic rings. The Morgan fingerprint density at radius 1 is 1.26 bits per heavy atom. The Balaban J connectivity index is 1.88. The summed E-state index contributed by atoms with van der Waals surface area (Å²) >= 11 is 3.41. The number of aliphatic imine (C=N–C) groups is 1. The topological polar surface area (TPSA) is 100 Å². The first-order chi connectivity index (χ1) is 13.0. The summed E-state index contributed by atoms with van der Waals surface area (Å²) in [6.07, 6.45) is 1.58. The number of nitrogens with zero attached hydrogens (tertiary/aromatic N) is 1. The van der Waals surface area contributed by atoms with Crippen molar-refractivity contribution in [1.29, 1.82) is 0 Å². The van der Waals surface area contributed by atoms with Crippen LogP contribution in [0.15, 0.2) is 57.6 Å². The quantitative estimate of drug-likeness (QED) is 0.560. The molecule has 0 aliphatic carbocycles. The summed E-state index contributed by atoms with van der Waals surface area (Å²) in [5.41, 5.74) is 6.57. The van der Waals surface area contributed by atoms with Crippen LogP contribution in [0.2, 0.25) is 0 Å². The third-order valence-corrected chi connectivity index (χ3v) is 4.28. The number of nitrogens with two attached hydrogens (primary N) is 1. The van der Waals surface area contributed by atoms with Crippen molar-refractivity contribution in [1.82, 2.24) is 0 Å². The highest BCUT2D eigenvalue weighted by atomic mass is 79.9. The molecule has 1 heterocycles. The van der Waals surface area contributed by atoms with Gasteiger partial charge in [0.15, 0.2) is 23.8 Å². The standard InChI is InChI=1S/C19H15BrN2O5/c1-25-16-9-11(6-7-15(16)26-10-17(21)23)8-14-19(24)27-18(22-14)12-4-2-3-5-13(12)20/h2-9H,10H2,1H3,(H2,21,23)/b14-8+. The van der Waals surface area contributed by atoms with Gasteiger partial charge in [-0.2, -0.15) is 0 Å². The number of ether oxygens (including phenoxy) is 3. The number of primary amides is 1. The molecule has 0 saturated carbocycles. The van der Waals surface area contributed by atoms with Gasteiger partial charge in [-0.25, -0.2) is 9.79 Å². The molecule has 8 heteroatoms. The summed E-state index contributed by atoms with van der Waals surface area (Å²) in [7, 11) is 1.47. The van der Waals surface area contributed by atoms with Crippen LogP contribution in [-0.2, 0) is 14.3 Å². The van der Waals surface area contributed by atoms with Gasteiger partial charge < -0.3 is 19.9 Å². The summed E-state index contributed by atoms with van der Waals surface area (Å²) in [6.45, 7) is -0.261. The Kier molecular flexibility index (Phi) is 5.56. The van der Waals surface area contributed by atoms with Gasteiger partial charge in [0.25, 0.3) is 5.91 Å². The number of carbonyl (C=O) groups is 2. The number of methoxy groups -OCH3 is 1. The van der Waals surface area contributed by atoms with Gasteiger partial charge in [0.05, 0.1) is 12.7 Å². The van der Waals surface area contributed by atoms with Gasteiger partial charge >= 0.3 is 5.97 Å². The van der Waals surface area contributed by atoms with Crippen molar-refractivity contribution in [2.75, 3.05) is 13.7 Å². The molecular weight excluding hydrogens is 416 g/mol. The van der Waals surface area contributed by atoms with E-state index in [1.165, 1.54) is 7.11 Å². The molecule has 2 aromatic rings. The van der Waals surface area contributed by atoms with Crippen molar-refractivity contribution >= 4 is 39.8 Å². The van der Waals surface area contributed by atoms with Crippen molar-refractivity contribution < 1.29 is 23.8 Å². The smallest absolute Gasteiger partial charge is 0.363 e. The van der Waals surface area contributed by atoms with Gasteiger partial charge in [0, 0.05) is 4.47 Å². The second-order valence-corrected chi connectivity index (χ2v) is 6.34. The minimum Gasteiger partial charge on any atom is -0.493 e. The van der Waals surface area contributed by atoms with Crippen LogP contribution in [0.4, 0.5) is 0 Å². The fraction of sp³-hybridized carbons (Fsp3) is 0.105. The lowest BCUT2D eigenvalue weighted by molar-refractivity contribution is -0.130. The molecule has 0 fully saturated rings.